The van der Waals surface area contributed by atoms with E-state index in [9.17, 15) is 0 Å². The number of aromatic nitrogens is 2. The lowest BCUT2D eigenvalue weighted by molar-refractivity contribution is 0.440. The Morgan fingerprint density at radius 3 is 2.44 bits per heavy atom. The van der Waals surface area contributed by atoms with E-state index in [1.165, 1.54) is 11.1 Å². The molecule has 0 fully saturated rings. The average molecular weight is 243 g/mol. The van der Waals surface area contributed by atoms with Crippen LogP contribution in [0.25, 0.3) is 0 Å². The highest BCUT2D eigenvalue weighted by Gasteiger charge is 2.02. The Labute approximate surface area is 107 Å². The van der Waals surface area contributed by atoms with Crippen molar-refractivity contribution in [2.45, 2.75) is 20.3 Å². The maximum atomic E-state index is 5.59. The van der Waals surface area contributed by atoms with Gasteiger partial charge in [-0.15, -0.1) is 0 Å². The van der Waals surface area contributed by atoms with Gasteiger partial charge in [-0.05, 0) is 55.6 Å². The summed E-state index contributed by atoms with van der Waals surface area (Å²) in [5, 5.41) is 0. The molecule has 0 aliphatic carbocycles. The van der Waals surface area contributed by atoms with E-state index >= 15 is 0 Å². The van der Waals surface area contributed by atoms with E-state index in [4.69, 9.17) is 10.5 Å². The van der Waals surface area contributed by atoms with Crippen molar-refractivity contribution in [2.24, 2.45) is 5.73 Å². The number of nitrogens with zero attached hydrogens (tertiary/aromatic N) is 2. The fraction of sp³-hybridized carbons (Fsp3) is 0.286. The van der Waals surface area contributed by atoms with E-state index in [2.05, 4.69) is 16.9 Å². The van der Waals surface area contributed by atoms with Gasteiger partial charge in [0.1, 0.15) is 5.75 Å². The average Bonchev–Trinajstić information content (AvgIpc) is 2.37. The van der Waals surface area contributed by atoms with Crippen molar-refractivity contribution in [3.05, 3.63) is 47.3 Å². The van der Waals surface area contributed by atoms with Crippen molar-refractivity contribution in [3.63, 3.8) is 0 Å². The highest BCUT2D eigenvalue weighted by molar-refractivity contribution is 5.35. The minimum absolute atomic E-state index is 0.360. The molecule has 0 saturated heterocycles. The van der Waals surface area contributed by atoms with E-state index < -0.39 is 0 Å². The minimum atomic E-state index is 0.360. The molecule has 1 heterocycles. The molecule has 0 bridgehead atoms. The molecule has 0 radical (unpaired) electrons. The third-order valence-corrected chi connectivity index (χ3v) is 2.80. The Balaban J connectivity index is 2.10. The molecule has 4 nitrogen and oxygen atoms in total. The van der Waals surface area contributed by atoms with Gasteiger partial charge in [-0.3, -0.25) is 0 Å². The molecule has 0 aliphatic heterocycles. The zero-order chi connectivity index (χ0) is 13.0. The monoisotopic (exact) mass is 243 g/mol. The third-order valence-electron chi connectivity index (χ3n) is 2.80. The van der Waals surface area contributed by atoms with Crippen LogP contribution in [-0.4, -0.2) is 16.5 Å². The number of aryl methyl sites for hydroxylation is 2. The minimum Gasteiger partial charge on any atom is -0.424 e. The maximum Gasteiger partial charge on any atom is 0.321 e. The summed E-state index contributed by atoms with van der Waals surface area (Å²) < 4.78 is 5.59. The summed E-state index contributed by atoms with van der Waals surface area (Å²) in [6, 6.07) is 6.28. The Kier molecular flexibility index (Phi) is 3.89. The van der Waals surface area contributed by atoms with Crippen LogP contribution in [0.5, 0.6) is 11.8 Å². The molecule has 2 N–H and O–H groups in total. The number of benzene rings is 1. The molecule has 0 spiro atoms. The molecule has 2 aromatic rings. The van der Waals surface area contributed by atoms with E-state index in [0.29, 0.717) is 12.6 Å². The van der Waals surface area contributed by atoms with Crippen LogP contribution in [0.1, 0.15) is 16.7 Å². The van der Waals surface area contributed by atoms with Crippen molar-refractivity contribution in [1.29, 1.82) is 0 Å². The molecule has 18 heavy (non-hydrogen) atoms. The van der Waals surface area contributed by atoms with Gasteiger partial charge >= 0.3 is 6.01 Å². The number of nitrogens with two attached hydrogens (primary N) is 1. The predicted octanol–water partition coefficient (Wildman–Crippen LogP) is 2.39. The van der Waals surface area contributed by atoms with Gasteiger partial charge in [0, 0.05) is 12.4 Å². The molecule has 94 valence electrons. The van der Waals surface area contributed by atoms with Crippen molar-refractivity contribution >= 4 is 0 Å². The van der Waals surface area contributed by atoms with Gasteiger partial charge in [0.05, 0.1) is 0 Å². The quantitative estimate of drug-likeness (QED) is 0.895. The normalized spacial score (nSPS) is 10.4. The van der Waals surface area contributed by atoms with Gasteiger partial charge in [0.15, 0.2) is 0 Å². The van der Waals surface area contributed by atoms with Gasteiger partial charge in [-0.2, -0.15) is 0 Å². The molecule has 0 saturated carbocycles. The van der Waals surface area contributed by atoms with Gasteiger partial charge in [0.25, 0.3) is 0 Å². The number of hydrogen-bond acceptors (Lipinski definition) is 4. The van der Waals surface area contributed by atoms with Crippen LogP contribution in [0.15, 0.2) is 30.6 Å². The van der Waals surface area contributed by atoms with Crippen LogP contribution < -0.4 is 10.5 Å². The molecule has 0 amide bonds. The highest BCUT2D eigenvalue weighted by Crippen LogP contribution is 2.20. The zero-order valence-corrected chi connectivity index (χ0v) is 10.7. The van der Waals surface area contributed by atoms with Gasteiger partial charge < -0.3 is 10.5 Å². The Morgan fingerprint density at radius 2 is 1.83 bits per heavy atom. The summed E-state index contributed by atoms with van der Waals surface area (Å²) in [6.07, 6.45) is 4.27. The van der Waals surface area contributed by atoms with Crippen molar-refractivity contribution in [1.82, 2.24) is 9.97 Å². The molecule has 2 rings (SSSR count). The van der Waals surface area contributed by atoms with Crippen molar-refractivity contribution in [3.8, 4) is 11.8 Å². The van der Waals surface area contributed by atoms with Crippen LogP contribution in [0, 0.1) is 13.8 Å². The van der Waals surface area contributed by atoms with E-state index in [-0.39, 0.29) is 0 Å². The lowest BCUT2D eigenvalue weighted by Gasteiger charge is -2.06. The van der Waals surface area contributed by atoms with Crippen molar-refractivity contribution < 1.29 is 4.74 Å². The smallest absolute Gasteiger partial charge is 0.321 e. The summed E-state index contributed by atoms with van der Waals surface area (Å²) in [4.78, 5) is 8.31. The summed E-state index contributed by atoms with van der Waals surface area (Å²) >= 11 is 0. The fourth-order valence-electron chi connectivity index (χ4n) is 1.57. The fourth-order valence-corrected chi connectivity index (χ4v) is 1.57. The highest BCUT2D eigenvalue weighted by atomic mass is 16.5. The molecule has 0 atom stereocenters. The predicted molar refractivity (Wildman–Crippen MR) is 70.8 cm³/mol. The van der Waals surface area contributed by atoms with Crippen LogP contribution in [0.2, 0.25) is 0 Å². The van der Waals surface area contributed by atoms with Gasteiger partial charge in [-0.1, -0.05) is 6.07 Å². The van der Waals surface area contributed by atoms with Gasteiger partial charge in [-0.25, -0.2) is 9.97 Å². The van der Waals surface area contributed by atoms with E-state index in [1.807, 2.05) is 25.1 Å². The first-order valence-corrected chi connectivity index (χ1v) is 5.95. The summed E-state index contributed by atoms with van der Waals surface area (Å²) in [5.41, 5.74) is 8.91. The Hall–Kier alpha value is -1.94. The SMILES string of the molecule is Cc1ccc(Oc2ncc(CCN)cn2)cc1C. The number of hydrogen-bond donors (Lipinski definition) is 1. The second-order valence-corrected chi connectivity index (χ2v) is 4.26. The van der Waals surface area contributed by atoms with Crippen LogP contribution in [0.3, 0.4) is 0 Å². The Bertz CT molecular complexity index is 523. The summed E-state index contributed by atoms with van der Waals surface area (Å²) in [7, 11) is 0. The molecular weight excluding hydrogens is 226 g/mol. The second-order valence-electron chi connectivity index (χ2n) is 4.26. The lowest BCUT2D eigenvalue weighted by Crippen LogP contribution is -2.03. The first-order valence-electron chi connectivity index (χ1n) is 5.95. The topological polar surface area (TPSA) is 61.0 Å². The molecule has 4 heteroatoms. The zero-order valence-electron chi connectivity index (χ0n) is 10.7. The number of rotatable bonds is 4. The van der Waals surface area contributed by atoms with E-state index in [0.717, 1.165) is 17.7 Å². The van der Waals surface area contributed by atoms with E-state index in [1.54, 1.807) is 12.4 Å². The third kappa shape index (κ3) is 3.05. The standard InChI is InChI=1S/C14H17N3O/c1-10-3-4-13(7-11(10)2)18-14-16-8-12(5-6-15)9-17-14/h3-4,7-9H,5-6,15H2,1-2H3. The molecule has 1 aromatic heterocycles. The lowest BCUT2D eigenvalue weighted by atomic mass is 10.1. The first kappa shape index (κ1) is 12.5. The van der Waals surface area contributed by atoms with Crippen LogP contribution in [-0.2, 0) is 6.42 Å². The molecule has 0 unspecified atom stereocenters. The summed E-state index contributed by atoms with van der Waals surface area (Å²) in [5.74, 6) is 0.754. The van der Waals surface area contributed by atoms with Crippen molar-refractivity contribution in [2.75, 3.05) is 6.54 Å². The Morgan fingerprint density at radius 1 is 1.11 bits per heavy atom. The largest absolute Gasteiger partial charge is 0.424 e. The van der Waals surface area contributed by atoms with Crippen LogP contribution in [0.4, 0.5) is 0 Å². The molecule has 1 aromatic carbocycles. The second kappa shape index (κ2) is 5.60. The molecule has 0 aliphatic rings. The summed E-state index contributed by atoms with van der Waals surface area (Å²) in [6.45, 7) is 4.71. The molecular formula is C14H17N3O. The van der Waals surface area contributed by atoms with Crippen LogP contribution >= 0.6 is 0 Å². The van der Waals surface area contributed by atoms with Gasteiger partial charge in [0.2, 0.25) is 0 Å². The first-order chi connectivity index (χ1) is 8.69. The maximum absolute atomic E-state index is 5.59. The number of ether oxygens (including phenoxy) is 1.